The van der Waals surface area contributed by atoms with Crippen LogP contribution in [0.25, 0.3) is 0 Å². The van der Waals surface area contributed by atoms with Gasteiger partial charge in [-0.25, -0.2) is 8.42 Å². The number of rotatable bonds is 2. The fraction of sp³-hybridized carbons (Fsp3) is 0.300. The van der Waals surface area contributed by atoms with E-state index in [9.17, 15) is 13.2 Å². The molecule has 0 aliphatic carbocycles. The number of hydrogen-bond acceptors (Lipinski definition) is 4. The third-order valence-electron chi connectivity index (χ3n) is 2.58. The molecule has 0 bridgehead atoms. The van der Waals surface area contributed by atoms with E-state index in [1.54, 1.807) is 6.07 Å². The van der Waals surface area contributed by atoms with Crippen molar-refractivity contribution >= 4 is 16.0 Å². The summed E-state index contributed by atoms with van der Waals surface area (Å²) in [6.45, 7) is 0. The number of carboxylic acids is 1. The molecule has 6 nitrogen and oxygen atoms in total. The third-order valence-corrected chi connectivity index (χ3v) is 4.15. The highest BCUT2D eigenvalue weighted by Crippen LogP contribution is 2.26. The average molecular weight is 257 g/mol. The van der Waals surface area contributed by atoms with Crippen molar-refractivity contribution in [2.75, 3.05) is 7.11 Å². The molecule has 17 heavy (non-hydrogen) atoms. The van der Waals surface area contributed by atoms with Crippen LogP contribution in [-0.4, -0.2) is 32.6 Å². The van der Waals surface area contributed by atoms with E-state index in [-0.39, 0.29) is 11.3 Å². The molecule has 1 heterocycles. The van der Waals surface area contributed by atoms with Gasteiger partial charge in [-0.1, -0.05) is 0 Å². The van der Waals surface area contributed by atoms with E-state index in [1.165, 1.54) is 19.2 Å². The number of sulfonamides is 1. The maximum atomic E-state index is 11.8. The van der Waals surface area contributed by atoms with Gasteiger partial charge in [-0.15, -0.1) is 0 Å². The van der Waals surface area contributed by atoms with Crippen molar-refractivity contribution in [1.29, 1.82) is 0 Å². The Kier molecular flexibility index (Phi) is 2.80. The second-order valence-electron chi connectivity index (χ2n) is 3.69. The second kappa shape index (κ2) is 4.01. The second-order valence-corrected chi connectivity index (χ2v) is 5.37. The highest BCUT2D eigenvalue weighted by molar-refractivity contribution is 7.89. The van der Waals surface area contributed by atoms with Gasteiger partial charge in [0.05, 0.1) is 12.0 Å². The summed E-state index contributed by atoms with van der Waals surface area (Å²) in [6, 6.07) is 3.36. The van der Waals surface area contributed by atoms with Gasteiger partial charge in [0.25, 0.3) is 0 Å². The van der Waals surface area contributed by atoms with Crippen molar-refractivity contribution in [3.05, 3.63) is 23.8 Å². The minimum Gasteiger partial charge on any atom is -0.497 e. The Morgan fingerprint density at radius 2 is 2.24 bits per heavy atom. The van der Waals surface area contributed by atoms with E-state index in [1.807, 2.05) is 0 Å². The van der Waals surface area contributed by atoms with Crippen LogP contribution in [-0.2, 0) is 21.2 Å². The largest absolute Gasteiger partial charge is 0.497 e. The molecule has 0 saturated carbocycles. The fourth-order valence-corrected chi connectivity index (χ4v) is 3.17. The Labute approximate surface area is 98.3 Å². The maximum absolute atomic E-state index is 11.8. The summed E-state index contributed by atoms with van der Waals surface area (Å²) in [6.07, 6.45) is 0.112. The number of nitrogens with one attached hydrogen (secondary N) is 1. The molecular weight excluding hydrogens is 246 g/mol. The lowest BCUT2D eigenvalue weighted by molar-refractivity contribution is -0.139. The molecule has 1 atom stereocenters. The molecule has 1 aromatic carbocycles. The zero-order valence-corrected chi connectivity index (χ0v) is 9.82. The quantitative estimate of drug-likeness (QED) is 0.777. The van der Waals surface area contributed by atoms with Gasteiger partial charge in [0.15, 0.2) is 0 Å². The molecule has 2 N–H and O–H groups in total. The standard InChI is InChI=1S/C10H11NO5S/c1-16-7-2-3-9-6(4-7)5-8(10(12)13)11-17(9,14)15/h2-4,8,11H,5H2,1H3,(H,12,13). The molecule has 1 aliphatic heterocycles. The Hall–Kier alpha value is -1.60. The number of benzene rings is 1. The molecule has 0 saturated heterocycles. The zero-order chi connectivity index (χ0) is 12.6. The predicted octanol–water partition coefficient (Wildman–Crippen LogP) is -0.0172. The van der Waals surface area contributed by atoms with Gasteiger partial charge in [-0.3, -0.25) is 4.79 Å². The molecular formula is C10H11NO5S. The maximum Gasteiger partial charge on any atom is 0.322 e. The van der Waals surface area contributed by atoms with Crippen LogP contribution in [0.4, 0.5) is 0 Å². The van der Waals surface area contributed by atoms with Crippen LogP contribution in [0.15, 0.2) is 23.1 Å². The molecule has 2 rings (SSSR count). The van der Waals surface area contributed by atoms with Crippen molar-refractivity contribution in [2.24, 2.45) is 0 Å². The van der Waals surface area contributed by atoms with Crippen LogP contribution < -0.4 is 9.46 Å². The zero-order valence-electron chi connectivity index (χ0n) is 9.00. The first-order valence-electron chi connectivity index (χ1n) is 4.86. The topological polar surface area (TPSA) is 92.7 Å². The minimum absolute atomic E-state index is 0.107. The first-order chi connectivity index (χ1) is 7.94. The predicted molar refractivity (Wildman–Crippen MR) is 58.4 cm³/mol. The van der Waals surface area contributed by atoms with Crippen molar-refractivity contribution in [3.63, 3.8) is 0 Å². The SMILES string of the molecule is COc1ccc2c(c1)CC(C(=O)O)NS2(=O)=O. The van der Waals surface area contributed by atoms with Gasteiger partial charge in [0.1, 0.15) is 11.8 Å². The van der Waals surface area contributed by atoms with Gasteiger partial charge < -0.3 is 9.84 Å². The number of fused-ring (bicyclic) bond motifs is 1. The number of methoxy groups -OCH3 is 1. The van der Waals surface area contributed by atoms with Crippen LogP contribution in [0.3, 0.4) is 0 Å². The Bertz CT molecular complexity index is 566. The molecule has 0 aromatic heterocycles. The third kappa shape index (κ3) is 2.11. The number of carbonyl (C=O) groups is 1. The summed E-state index contributed by atoms with van der Waals surface area (Å²) in [4.78, 5) is 11.0. The van der Waals surface area contributed by atoms with Gasteiger partial charge in [-0.05, 0) is 23.8 Å². The van der Waals surface area contributed by atoms with E-state index in [2.05, 4.69) is 4.72 Å². The summed E-state index contributed by atoms with van der Waals surface area (Å²) >= 11 is 0. The minimum atomic E-state index is -3.75. The monoisotopic (exact) mass is 257 g/mol. The molecule has 0 fully saturated rings. The Morgan fingerprint density at radius 1 is 1.53 bits per heavy atom. The summed E-state index contributed by atoms with van der Waals surface area (Å²) < 4.78 is 30.6. The van der Waals surface area contributed by atoms with Gasteiger partial charge >= 0.3 is 5.97 Å². The molecule has 7 heteroatoms. The van der Waals surface area contributed by atoms with Crippen molar-refractivity contribution in [2.45, 2.75) is 17.4 Å². The summed E-state index contributed by atoms with van der Waals surface area (Å²) in [5.41, 5.74) is 0.454. The van der Waals surface area contributed by atoms with Gasteiger partial charge in [0.2, 0.25) is 10.0 Å². The van der Waals surface area contributed by atoms with Crippen LogP contribution in [0.1, 0.15) is 5.56 Å². The highest BCUT2D eigenvalue weighted by Gasteiger charge is 2.33. The Morgan fingerprint density at radius 3 is 2.82 bits per heavy atom. The normalized spacial score (nSPS) is 21.6. The lowest BCUT2D eigenvalue weighted by Crippen LogP contribution is -2.45. The molecule has 0 spiro atoms. The molecule has 1 unspecified atom stereocenters. The van der Waals surface area contributed by atoms with Gasteiger partial charge in [-0.2, -0.15) is 4.72 Å². The van der Waals surface area contributed by atoms with Crippen LogP contribution in [0.2, 0.25) is 0 Å². The fourth-order valence-electron chi connectivity index (χ4n) is 1.75. The lowest BCUT2D eigenvalue weighted by atomic mass is 10.1. The number of hydrogen-bond donors (Lipinski definition) is 2. The smallest absolute Gasteiger partial charge is 0.322 e. The first kappa shape index (κ1) is 11.9. The molecule has 0 radical (unpaired) electrons. The summed E-state index contributed by atoms with van der Waals surface area (Å²) in [5.74, 6) is -0.688. The van der Waals surface area contributed by atoms with Gasteiger partial charge in [0, 0.05) is 6.42 Å². The van der Waals surface area contributed by atoms with Crippen molar-refractivity contribution in [3.8, 4) is 5.75 Å². The van der Waals surface area contributed by atoms with E-state index in [0.29, 0.717) is 11.3 Å². The van der Waals surface area contributed by atoms with E-state index in [0.717, 1.165) is 0 Å². The molecule has 1 aromatic rings. The first-order valence-corrected chi connectivity index (χ1v) is 6.34. The lowest BCUT2D eigenvalue weighted by Gasteiger charge is -2.23. The van der Waals surface area contributed by atoms with E-state index >= 15 is 0 Å². The van der Waals surface area contributed by atoms with Crippen molar-refractivity contribution < 1.29 is 23.1 Å². The summed E-state index contributed by atoms with van der Waals surface area (Å²) in [5, 5.41) is 8.86. The van der Waals surface area contributed by atoms with E-state index < -0.39 is 22.0 Å². The number of ether oxygens (including phenoxy) is 1. The summed E-state index contributed by atoms with van der Waals surface area (Å²) in [7, 11) is -2.28. The highest BCUT2D eigenvalue weighted by atomic mass is 32.2. The van der Waals surface area contributed by atoms with Crippen LogP contribution >= 0.6 is 0 Å². The van der Waals surface area contributed by atoms with Crippen LogP contribution in [0.5, 0.6) is 5.75 Å². The average Bonchev–Trinajstić information content (AvgIpc) is 2.27. The molecule has 92 valence electrons. The molecule has 0 amide bonds. The Balaban J connectivity index is 2.53. The van der Waals surface area contributed by atoms with E-state index in [4.69, 9.17) is 9.84 Å². The van der Waals surface area contributed by atoms with Crippen LogP contribution in [0, 0.1) is 0 Å². The molecule has 1 aliphatic rings. The number of carboxylic acid groups (broad SMARTS) is 1. The van der Waals surface area contributed by atoms with Crippen molar-refractivity contribution in [1.82, 2.24) is 4.72 Å². The number of aliphatic carboxylic acids is 1.